The van der Waals surface area contributed by atoms with Crippen molar-refractivity contribution in [3.8, 4) is 23.0 Å². The van der Waals surface area contributed by atoms with Crippen LogP contribution in [0.3, 0.4) is 0 Å². The largest absolute Gasteiger partial charge is 0.508 e. The quantitative estimate of drug-likeness (QED) is 0.0654. The number of rotatable bonds is 15. The van der Waals surface area contributed by atoms with E-state index in [0.717, 1.165) is 37.3 Å². The van der Waals surface area contributed by atoms with Crippen LogP contribution in [0.2, 0.25) is 0 Å². The lowest BCUT2D eigenvalue weighted by Gasteiger charge is -2.07. The van der Waals surface area contributed by atoms with E-state index in [1.54, 1.807) is 42.5 Å². The van der Waals surface area contributed by atoms with Gasteiger partial charge >= 0.3 is 0 Å². The first-order chi connectivity index (χ1) is 24.5. The topological polar surface area (TPSA) is 104 Å². The highest BCUT2D eigenvalue weighted by molar-refractivity contribution is 6.08. The van der Waals surface area contributed by atoms with Gasteiger partial charge in [-0.15, -0.1) is 0 Å². The van der Waals surface area contributed by atoms with E-state index in [4.69, 9.17) is 9.84 Å². The van der Waals surface area contributed by atoms with Crippen molar-refractivity contribution in [1.29, 1.82) is 0 Å². The van der Waals surface area contributed by atoms with E-state index < -0.39 is 0 Å². The minimum atomic E-state index is -0.309. The fraction of sp³-hybridized carbons (Fsp3) is 0.200. The van der Waals surface area contributed by atoms with Gasteiger partial charge in [0.25, 0.3) is 0 Å². The van der Waals surface area contributed by atoms with Gasteiger partial charge in [0, 0.05) is 23.3 Å². The van der Waals surface area contributed by atoms with Gasteiger partial charge in [0.2, 0.25) is 0 Å². The molecule has 6 nitrogen and oxygen atoms in total. The molecule has 51 heavy (non-hydrogen) atoms. The summed E-state index contributed by atoms with van der Waals surface area (Å²) in [5.74, 6) is -0.0313. The second-order valence-corrected chi connectivity index (χ2v) is 12.4. The zero-order chi connectivity index (χ0) is 37.0. The number of hydrogen-bond donors (Lipinski definition) is 3. The number of carbonyl (C=O) groups is 2. The van der Waals surface area contributed by atoms with E-state index in [0.29, 0.717) is 23.5 Å². The summed E-state index contributed by atoms with van der Waals surface area (Å²) in [6, 6.07) is 27.5. The van der Waals surface area contributed by atoms with Gasteiger partial charge in [-0.2, -0.15) is 0 Å². The maximum absolute atomic E-state index is 12.2. The molecule has 4 rings (SSSR count). The molecule has 0 saturated carbocycles. The Balaban J connectivity index is 0.000000327. The zero-order valence-electron chi connectivity index (χ0n) is 29.9. The minimum absolute atomic E-state index is 0.0731. The predicted molar refractivity (Wildman–Crippen MR) is 208 cm³/mol. The fourth-order valence-corrected chi connectivity index (χ4v) is 4.79. The number of phenols is 3. The van der Waals surface area contributed by atoms with Gasteiger partial charge in [0.15, 0.2) is 11.6 Å². The molecule has 0 saturated heterocycles. The molecule has 3 N–H and O–H groups in total. The Morgan fingerprint density at radius 1 is 0.627 bits per heavy atom. The summed E-state index contributed by atoms with van der Waals surface area (Å²) < 4.78 is 5.76. The highest BCUT2D eigenvalue weighted by Gasteiger charge is 2.08. The van der Waals surface area contributed by atoms with Crippen molar-refractivity contribution in [3.05, 3.63) is 166 Å². The standard InChI is InChI=1S/C30H36O3.C15H12O3/c1-23(2)10-8-11-24(3)12-9-13-25(4)20-21-33-28-18-16-27(30(32)22-28)17-19-29(31)26-14-6-5-7-15-26;16-12-7-8-13(15(18)10-12)14(17)9-6-11-4-2-1-3-5-11/h5-7,10,12,14-20,22,32H,8-9,11,13,21H2,1-4H3;1-10,16,18H. The van der Waals surface area contributed by atoms with Gasteiger partial charge in [-0.3, -0.25) is 9.59 Å². The van der Waals surface area contributed by atoms with Crippen LogP contribution >= 0.6 is 0 Å². The molecule has 4 aromatic rings. The van der Waals surface area contributed by atoms with Crippen LogP contribution in [0.4, 0.5) is 0 Å². The van der Waals surface area contributed by atoms with Crippen LogP contribution in [0.25, 0.3) is 12.2 Å². The van der Waals surface area contributed by atoms with Crippen LogP contribution in [-0.4, -0.2) is 33.5 Å². The number of aromatic hydroxyl groups is 3. The molecule has 0 heterocycles. The average Bonchev–Trinajstić information content (AvgIpc) is 3.11. The second-order valence-electron chi connectivity index (χ2n) is 12.4. The number of benzene rings is 4. The molecule has 6 heteroatoms. The molecule has 0 aromatic heterocycles. The normalized spacial score (nSPS) is 11.6. The van der Waals surface area contributed by atoms with Crippen LogP contribution in [0.1, 0.15) is 85.2 Å². The SMILES string of the molecule is CC(C)=CCCC(C)=CCCC(C)=CCOc1ccc(C=CC(=O)c2ccccc2)c(O)c1.O=C(C=Cc1ccccc1)c1ccc(O)cc1O. The Hall–Kier alpha value is -5.88. The van der Waals surface area contributed by atoms with Crippen LogP contribution in [0, 0.1) is 0 Å². The second kappa shape index (κ2) is 21.3. The van der Waals surface area contributed by atoms with E-state index in [1.807, 2.05) is 48.5 Å². The molecule has 0 aliphatic carbocycles. The Labute approximate surface area is 302 Å². The van der Waals surface area contributed by atoms with E-state index in [-0.39, 0.29) is 34.4 Å². The maximum Gasteiger partial charge on any atom is 0.189 e. The lowest BCUT2D eigenvalue weighted by Crippen LogP contribution is -1.95. The smallest absolute Gasteiger partial charge is 0.189 e. The Kier molecular flexibility index (Phi) is 16.5. The van der Waals surface area contributed by atoms with Crippen molar-refractivity contribution in [2.24, 2.45) is 0 Å². The van der Waals surface area contributed by atoms with Crippen molar-refractivity contribution in [2.45, 2.75) is 53.4 Å². The van der Waals surface area contributed by atoms with E-state index in [1.165, 1.54) is 41.0 Å². The maximum atomic E-state index is 12.2. The van der Waals surface area contributed by atoms with Gasteiger partial charge in [-0.1, -0.05) is 95.6 Å². The van der Waals surface area contributed by atoms with Crippen molar-refractivity contribution in [1.82, 2.24) is 0 Å². The highest BCUT2D eigenvalue weighted by Crippen LogP contribution is 2.26. The number of ketones is 2. The average molecular weight is 685 g/mol. The lowest BCUT2D eigenvalue weighted by atomic mass is 10.1. The molecule has 0 fully saturated rings. The van der Waals surface area contributed by atoms with Crippen LogP contribution in [0.5, 0.6) is 23.0 Å². The first-order valence-electron chi connectivity index (χ1n) is 17.0. The molecule has 0 amide bonds. The van der Waals surface area contributed by atoms with Crippen molar-refractivity contribution >= 4 is 23.7 Å². The van der Waals surface area contributed by atoms with Gasteiger partial charge in [0.1, 0.15) is 29.6 Å². The Morgan fingerprint density at radius 2 is 1.25 bits per heavy atom. The van der Waals surface area contributed by atoms with Gasteiger partial charge in [-0.25, -0.2) is 0 Å². The third kappa shape index (κ3) is 15.0. The van der Waals surface area contributed by atoms with E-state index in [9.17, 15) is 19.8 Å². The zero-order valence-corrected chi connectivity index (χ0v) is 29.9. The third-order valence-corrected chi connectivity index (χ3v) is 7.75. The fourth-order valence-electron chi connectivity index (χ4n) is 4.79. The van der Waals surface area contributed by atoms with Crippen LogP contribution in [-0.2, 0) is 0 Å². The summed E-state index contributed by atoms with van der Waals surface area (Å²) in [6.45, 7) is 9.04. The first kappa shape index (κ1) is 39.6. The monoisotopic (exact) mass is 684 g/mol. The molecule has 0 unspecified atom stereocenters. The molecular formula is C45H48O6. The minimum Gasteiger partial charge on any atom is -0.508 e. The molecule has 0 radical (unpaired) electrons. The molecule has 0 atom stereocenters. The number of allylic oxidation sites excluding steroid dienone is 7. The Bertz CT molecular complexity index is 1870. The number of ether oxygens (including phenoxy) is 1. The van der Waals surface area contributed by atoms with Crippen LogP contribution in [0.15, 0.2) is 144 Å². The van der Waals surface area contributed by atoms with E-state index >= 15 is 0 Å². The predicted octanol–water partition coefficient (Wildman–Crippen LogP) is 11.1. The molecule has 0 bridgehead atoms. The molecule has 4 aromatic carbocycles. The third-order valence-electron chi connectivity index (χ3n) is 7.75. The highest BCUT2D eigenvalue weighted by atomic mass is 16.5. The molecule has 0 aliphatic rings. The van der Waals surface area contributed by atoms with Crippen molar-refractivity contribution in [3.63, 3.8) is 0 Å². The van der Waals surface area contributed by atoms with Gasteiger partial charge in [0.05, 0.1) is 5.56 Å². The summed E-state index contributed by atoms with van der Waals surface area (Å²) >= 11 is 0. The number of carbonyl (C=O) groups excluding carboxylic acids is 2. The Morgan fingerprint density at radius 3 is 1.90 bits per heavy atom. The summed E-state index contributed by atoms with van der Waals surface area (Å²) in [5, 5.41) is 29.0. The molecule has 264 valence electrons. The summed E-state index contributed by atoms with van der Waals surface area (Å²) in [6.07, 6.45) is 17.1. The molecular weight excluding hydrogens is 636 g/mol. The van der Waals surface area contributed by atoms with Crippen molar-refractivity contribution in [2.75, 3.05) is 6.61 Å². The number of phenolic OH excluding ortho intramolecular Hbond substituents is 3. The molecule has 0 aliphatic heterocycles. The van der Waals surface area contributed by atoms with Gasteiger partial charge in [-0.05, 0) is 108 Å². The lowest BCUT2D eigenvalue weighted by molar-refractivity contribution is 0.103. The van der Waals surface area contributed by atoms with Crippen LogP contribution < -0.4 is 4.74 Å². The van der Waals surface area contributed by atoms with Crippen molar-refractivity contribution < 1.29 is 29.6 Å². The van der Waals surface area contributed by atoms with Gasteiger partial charge < -0.3 is 20.1 Å². The summed E-state index contributed by atoms with van der Waals surface area (Å²) in [5.41, 5.74) is 6.36. The van der Waals surface area contributed by atoms with E-state index in [2.05, 4.69) is 45.9 Å². The number of hydrogen-bond acceptors (Lipinski definition) is 6. The molecule has 0 spiro atoms. The summed E-state index contributed by atoms with van der Waals surface area (Å²) in [7, 11) is 0. The summed E-state index contributed by atoms with van der Waals surface area (Å²) in [4.78, 5) is 24.0. The first-order valence-corrected chi connectivity index (χ1v) is 17.0.